The smallest absolute Gasteiger partial charge is 0.234 e. The van der Waals surface area contributed by atoms with Crippen molar-refractivity contribution in [2.75, 3.05) is 39.3 Å². The number of benzene rings is 1. The summed E-state index contributed by atoms with van der Waals surface area (Å²) < 4.78 is 5.57. The predicted octanol–water partition coefficient (Wildman–Crippen LogP) is 1.12. The van der Waals surface area contributed by atoms with E-state index in [0.29, 0.717) is 32.7 Å². The molecule has 1 N–H and O–H groups in total. The predicted molar refractivity (Wildman–Crippen MR) is 92.9 cm³/mol. The Morgan fingerprint density at radius 1 is 1.12 bits per heavy atom. The molecule has 0 aromatic heterocycles. The zero-order valence-electron chi connectivity index (χ0n) is 14.5. The summed E-state index contributed by atoms with van der Waals surface area (Å²) in [4.78, 5) is 27.9. The van der Waals surface area contributed by atoms with Gasteiger partial charge in [-0.2, -0.15) is 0 Å². The molecule has 1 aromatic carbocycles. The number of hydrogen-bond donors (Lipinski definition) is 1. The van der Waals surface area contributed by atoms with E-state index in [1.807, 2.05) is 49.1 Å². The van der Waals surface area contributed by atoms with Crippen LogP contribution in [0, 0.1) is 0 Å². The molecule has 132 valence electrons. The van der Waals surface area contributed by atoms with Crippen molar-refractivity contribution in [3.63, 3.8) is 0 Å². The summed E-state index contributed by atoms with van der Waals surface area (Å²) in [6, 6.07) is 9.66. The average molecular weight is 333 g/mol. The third kappa shape index (κ3) is 6.20. The summed E-state index contributed by atoms with van der Waals surface area (Å²) in [5.74, 6) is 0.935. The molecule has 6 heteroatoms. The normalized spacial score (nSPS) is 15.4. The lowest BCUT2D eigenvalue weighted by Gasteiger charge is -2.34. The molecule has 1 saturated heterocycles. The van der Waals surface area contributed by atoms with Gasteiger partial charge in [-0.3, -0.25) is 14.5 Å². The van der Waals surface area contributed by atoms with Crippen molar-refractivity contribution in [3.05, 3.63) is 30.3 Å². The maximum absolute atomic E-state index is 12.2. The first-order valence-corrected chi connectivity index (χ1v) is 8.52. The Labute approximate surface area is 143 Å². The molecule has 2 amide bonds. The molecule has 0 radical (unpaired) electrons. The minimum atomic E-state index is 0.0426. The Kier molecular flexibility index (Phi) is 7.06. The highest BCUT2D eigenvalue weighted by atomic mass is 16.5. The first-order chi connectivity index (χ1) is 11.5. The van der Waals surface area contributed by atoms with E-state index in [-0.39, 0.29) is 17.9 Å². The van der Waals surface area contributed by atoms with E-state index >= 15 is 0 Å². The monoisotopic (exact) mass is 333 g/mol. The lowest BCUT2D eigenvalue weighted by Crippen LogP contribution is -2.51. The van der Waals surface area contributed by atoms with Crippen molar-refractivity contribution in [1.82, 2.24) is 15.1 Å². The fraction of sp³-hybridized carbons (Fsp3) is 0.556. The van der Waals surface area contributed by atoms with E-state index < -0.39 is 0 Å². The maximum Gasteiger partial charge on any atom is 0.234 e. The van der Waals surface area contributed by atoms with Crippen molar-refractivity contribution in [3.8, 4) is 5.75 Å². The first-order valence-electron chi connectivity index (χ1n) is 8.52. The SMILES string of the molecule is CC(C)NC(=O)CN1CCN(C(=O)CCOc2ccccc2)CC1. The van der Waals surface area contributed by atoms with Crippen molar-refractivity contribution in [1.29, 1.82) is 0 Å². The standard InChI is InChI=1S/C18H27N3O3/c1-15(2)19-17(22)14-20-9-11-21(12-10-20)18(23)8-13-24-16-6-4-3-5-7-16/h3-7,15H,8-14H2,1-2H3,(H,19,22). The van der Waals surface area contributed by atoms with Crippen molar-refractivity contribution in [2.24, 2.45) is 0 Å². The summed E-state index contributed by atoms with van der Waals surface area (Å²) in [5, 5.41) is 2.89. The third-order valence-electron chi connectivity index (χ3n) is 3.87. The Hall–Kier alpha value is -2.08. The second kappa shape index (κ2) is 9.27. The van der Waals surface area contributed by atoms with Gasteiger partial charge in [0.15, 0.2) is 0 Å². The van der Waals surface area contributed by atoms with Gasteiger partial charge in [0.1, 0.15) is 5.75 Å². The highest BCUT2D eigenvalue weighted by Gasteiger charge is 2.22. The van der Waals surface area contributed by atoms with Crippen LogP contribution in [-0.2, 0) is 9.59 Å². The van der Waals surface area contributed by atoms with Gasteiger partial charge in [0.05, 0.1) is 19.6 Å². The van der Waals surface area contributed by atoms with E-state index in [4.69, 9.17) is 4.74 Å². The van der Waals surface area contributed by atoms with Crippen LogP contribution in [0.25, 0.3) is 0 Å². The summed E-state index contributed by atoms with van der Waals surface area (Å²) >= 11 is 0. The second-order valence-electron chi connectivity index (χ2n) is 6.29. The van der Waals surface area contributed by atoms with Crippen molar-refractivity contribution >= 4 is 11.8 Å². The van der Waals surface area contributed by atoms with Crippen LogP contribution in [0.1, 0.15) is 20.3 Å². The molecule has 1 aromatic rings. The number of carbonyl (C=O) groups is 2. The highest BCUT2D eigenvalue weighted by Crippen LogP contribution is 2.09. The molecule has 6 nitrogen and oxygen atoms in total. The summed E-state index contributed by atoms with van der Waals surface area (Å²) in [5.41, 5.74) is 0. The minimum absolute atomic E-state index is 0.0426. The number of carbonyl (C=O) groups excluding carboxylic acids is 2. The lowest BCUT2D eigenvalue weighted by atomic mass is 10.2. The van der Waals surface area contributed by atoms with Crippen LogP contribution in [0.5, 0.6) is 5.75 Å². The van der Waals surface area contributed by atoms with Crippen LogP contribution in [0.4, 0.5) is 0 Å². The van der Waals surface area contributed by atoms with Crippen LogP contribution in [-0.4, -0.2) is 67.0 Å². The average Bonchev–Trinajstić information content (AvgIpc) is 2.55. The maximum atomic E-state index is 12.2. The number of nitrogens with one attached hydrogen (secondary N) is 1. The fourth-order valence-corrected chi connectivity index (χ4v) is 2.66. The molecule has 0 atom stereocenters. The van der Waals surface area contributed by atoms with Gasteiger partial charge in [-0.25, -0.2) is 0 Å². The summed E-state index contributed by atoms with van der Waals surface area (Å²) in [6.07, 6.45) is 0.378. The Morgan fingerprint density at radius 2 is 1.79 bits per heavy atom. The van der Waals surface area contributed by atoms with Crippen LogP contribution >= 0.6 is 0 Å². The zero-order chi connectivity index (χ0) is 17.4. The van der Waals surface area contributed by atoms with Gasteiger partial charge >= 0.3 is 0 Å². The van der Waals surface area contributed by atoms with Gasteiger partial charge in [-0.05, 0) is 26.0 Å². The van der Waals surface area contributed by atoms with Gasteiger partial charge < -0.3 is 15.0 Å². The number of piperazine rings is 1. The summed E-state index contributed by atoms with van der Waals surface area (Å²) in [7, 11) is 0. The van der Waals surface area contributed by atoms with Crippen LogP contribution in [0.15, 0.2) is 30.3 Å². The number of ether oxygens (including phenoxy) is 1. The van der Waals surface area contributed by atoms with E-state index in [9.17, 15) is 9.59 Å². The number of rotatable bonds is 7. The van der Waals surface area contributed by atoms with Gasteiger partial charge in [-0.1, -0.05) is 18.2 Å². The molecule has 0 unspecified atom stereocenters. The second-order valence-corrected chi connectivity index (χ2v) is 6.29. The Morgan fingerprint density at radius 3 is 2.42 bits per heavy atom. The molecule has 0 aliphatic carbocycles. The van der Waals surface area contributed by atoms with Crippen LogP contribution < -0.4 is 10.1 Å². The number of hydrogen-bond acceptors (Lipinski definition) is 4. The molecule has 0 bridgehead atoms. The molecule has 1 aliphatic rings. The molecule has 1 heterocycles. The van der Waals surface area contributed by atoms with Gasteiger partial charge in [-0.15, -0.1) is 0 Å². The molecule has 1 fully saturated rings. The van der Waals surface area contributed by atoms with Gasteiger partial charge in [0.25, 0.3) is 0 Å². The van der Waals surface area contributed by atoms with Crippen LogP contribution in [0.3, 0.4) is 0 Å². The number of para-hydroxylation sites is 1. The Bertz CT molecular complexity index is 526. The van der Waals surface area contributed by atoms with E-state index in [0.717, 1.165) is 18.8 Å². The van der Waals surface area contributed by atoms with Crippen molar-refractivity contribution < 1.29 is 14.3 Å². The van der Waals surface area contributed by atoms with Gasteiger partial charge in [0, 0.05) is 32.2 Å². The molecule has 0 spiro atoms. The zero-order valence-corrected chi connectivity index (χ0v) is 14.5. The van der Waals surface area contributed by atoms with Crippen LogP contribution in [0.2, 0.25) is 0 Å². The number of amides is 2. The molecule has 1 aliphatic heterocycles. The third-order valence-corrected chi connectivity index (χ3v) is 3.87. The quantitative estimate of drug-likeness (QED) is 0.812. The molecular weight excluding hydrogens is 306 g/mol. The van der Waals surface area contributed by atoms with Crippen molar-refractivity contribution in [2.45, 2.75) is 26.3 Å². The van der Waals surface area contributed by atoms with Gasteiger partial charge in [0.2, 0.25) is 11.8 Å². The highest BCUT2D eigenvalue weighted by molar-refractivity contribution is 5.78. The molecule has 0 saturated carbocycles. The van der Waals surface area contributed by atoms with E-state index in [2.05, 4.69) is 10.2 Å². The minimum Gasteiger partial charge on any atom is -0.493 e. The lowest BCUT2D eigenvalue weighted by molar-refractivity contribution is -0.133. The first kappa shape index (κ1) is 18.3. The molecule has 24 heavy (non-hydrogen) atoms. The van der Waals surface area contributed by atoms with E-state index in [1.165, 1.54) is 0 Å². The number of nitrogens with zero attached hydrogens (tertiary/aromatic N) is 2. The Balaban J connectivity index is 1.64. The summed E-state index contributed by atoms with van der Waals surface area (Å²) in [6.45, 7) is 7.49. The fourth-order valence-electron chi connectivity index (χ4n) is 2.66. The van der Waals surface area contributed by atoms with E-state index in [1.54, 1.807) is 0 Å². The topological polar surface area (TPSA) is 61.9 Å². The molecular formula is C18H27N3O3. The largest absolute Gasteiger partial charge is 0.493 e. The molecule has 2 rings (SSSR count).